The second kappa shape index (κ2) is 7.08. The lowest BCUT2D eigenvalue weighted by Gasteiger charge is -2.30. The smallest absolute Gasteiger partial charge is 0.268 e. The van der Waals surface area contributed by atoms with Crippen LogP contribution in [0.15, 0.2) is 30.3 Å². The van der Waals surface area contributed by atoms with Crippen molar-refractivity contribution < 1.29 is 22.4 Å². The Morgan fingerprint density at radius 1 is 1.11 bits per heavy atom. The van der Waals surface area contributed by atoms with E-state index in [-0.39, 0.29) is 0 Å². The van der Waals surface area contributed by atoms with Crippen LogP contribution in [0.3, 0.4) is 0 Å². The van der Waals surface area contributed by atoms with Crippen LogP contribution in [0.25, 0.3) is 0 Å². The van der Waals surface area contributed by atoms with E-state index in [1.165, 1.54) is 6.92 Å². The number of ether oxygens (including phenoxy) is 2. The van der Waals surface area contributed by atoms with E-state index in [0.29, 0.717) is 12.4 Å². The molecule has 2 aromatic rings. The molecule has 2 unspecified atom stereocenters. The van der Waals surface area contributed by atoms with Gasteiger partial charge in [0.05, 0.1) is 5.25 Å². The predicted octanol–water partition coefficient (Wildman–Crippen LogP) is 4.72. The van der Waals surface area contributed by atoms with Crippen LogP contribution in [0.1, 0.15) is 54.5 Å². The molecule has 1 heterocycles. The summed E-state index contributed by atoms with van der Waals surface area (Å²) in [5.41, 5.74) is 3.86. The van der Waals surface area contributed by atoms with Crippen LogP contribution in [0.5, 0.6) is 11.5 Å². The topological polar surface area (TPSA) is 72.8 Å². The molecule has 5 nitrogen and oxygen atoms in total. The number of hydrogen-bond acceptors (Lipinski definition) is 4. The van der Waals surface area contributed by atoms with Gasteiger partial charge in [-0.05, 0) is 63.8 Å². The highest BCUT2D eigenvalue weighted by atomic mass is 32.2. The van der Waals surface area contributed by atoms with Gasteiger partial charge in [0.2, 0.25) is 0 Å². The monoisotopic (exact) mass is 404 g/mol. The van der Waals surface area contributed by atoms with Crippen LogP contribution in [0, 0.1) is 20.8 Å². The molecule has 28 heavy (non-hydrogen) atoms. The Bertz CT molecular complexity index is 994. The van der Waals surface area contributed by atoms with Crippen LogP contribution in [-0.4, -0.2) is 23.8 Å². The van der Waals surface area contributed by atoms with Gasteiger partial charge in [0, 0.05) is 11.5 Å². The Hall–Kier alpha value is -2.05. The first kappa shape index (κ1) is 20.7. The van der Waals surface area contributed by atoms with Crippen molar-refractivity contribution >= 4 is 10.1 Å². The first-order valence-electron chi connectivity index (χ1n) is 9.40. The summed E-state index contributed by atoms with van der Waals surface area (Å²) < 4.78 is 46.0. The van der Waals surface area contributed by atoms with E-state index in [1.807, 2.05) is 65.0 Å². The average molecular weight is 405 g/mol. The lowest BCUT2D eigenvalue weighted by Crippen LogP contribution is -2.39. The first-order chi connectivity index (χ1) is 12.9. The van der Waals surface area contributed by atoms with Gasteiger partial charge in [0.25, 0.3) is 10.1 Å². The molecule has 0 radical (unpaired) electrons. The Balaban J connectivity index is 2.11. The number of rotatable bonds is 5. The standard InChI is InChI=1S/C22H28O5S/c1-13-14(2)21-18(19(22(5,6)27-21)16(4)28(23,24)25)15(3)20(13)26-12-17-10-8-7-9-11-17/h7-11,16,19H,12H2,1-6H3,(H,23,24,25). The molecule has 0 fully saturated rings. The molecule has 3 rings (SSSR count). The Labute approximate surface area is 167 Å². The molecule has 0 saturated heterocycles. The molecule has 6 heteroatoms. The van der Waals surface area contributed by atoms with E-state index in [4.69, 9.17) is 9.47 Å². The summed E-state index contributed by atoms with van der Waals surface area (Å²) in [6.07, 6.45) is 0. The van der Waals surface area contributed by atoms with E-state index in [0.717, 1.165) is 33.6 Å². The molecule has 152 valence electrons. The normalized spacial score (nSPS) is 19.0. The summed E-state index contributed by atoms with van der Waals surface area (Å²) in [4.78, 5) is 0. The molecule has 0 saturated carbocycles. The summed E-state index contributed by atoms with van der Waals surface area (Å²) >= 11 is 0. The van der Waals surface area contributed by atoms with E-state index in [2.05, 4.69) is 0 Å². The zero-order chi connectivity index (χ0) is 20.9. The molecule has 0 aromatic heterocycles. The van der Waals surface area contributed by atoms with Gasteiger partial charge in [-0.1, -0.05) is 30.3 Å². The fourth-order valence-electron chi connectivity index (χ4n) is 4.21. The maximum Gasteiger partial charge on any atom is 0.268 e. The molecule has 1 aliphatic heterocycles. The van der Waals surface area contributed by atoms with Crippen LogP contribution in [0.2, 0.25) is 0 Å². The SMILES string of the molecule is Cc1c(C)c2c(c(C)c1OCc1ccccc1)C(C(C)S(=O)(=O)O)C(C)(C)O2. The molecule has 0 bridgehead atoms. The van der Waals surface area contributed by atoms with Gasteiger partial charge in [-0.25, -0.2) is 0 Å². The van der Waals surface area contributed by atoms with Crippen molar-refractivity contribution in [1.82, 2.24) is 0 Å². The minimum atomic E-state index is -4.23. The summed E-state index contributed by atoms with van der Waals surface area (Å²) in [5, 5.41) is -0.994. The minimum Gasteiger partial charge on any atom is -0.488 e. The van der Waals surface area contributed by atoms with Crippen molar-refractivity contribution in [2.24, 2.45) is 0 Å². The maximum atomic E-state index is 11.9. The third-order valence-electron chi connectivity index (χ3n) is 5.82. The van der Waals surface area contributed by atoms with Gasteiger partial charge in [-0.3, -0.25) is 4.55 Å². The number of benzene rings is 2. The summed E-state index contributed by atoms with van der Waals surface area (Å²) in [7, 11) is -4.23. The Morgan fingerprint density at radius 2 is 1.71 bits per heavy atom. The van der Waals surface area contributed by atoms with Gasteiger partial charge in [0.1, 0.15) is 23.7 Å². The highest BCUT2D eigenvalue weighted by molar-refractivity contribution is 7.86. The quantitative estimate of drug-likeness (QED) is 0.730. The summed E-state index contributed by atoms with van der Waals surface area (Å²) in [6, 6.07) is 9.89. The van der Waals surface area contributed by atoms with Crippen molar-refractivity contribution in [2.45, 2.75) is 64.9 Å². The molecule has 0 aliphatic carbocycles. The molecular weight excluding hydrogens is 376 g/mol. The van der Waals surface area contributed by atoms with Crippen LogP contribution in [0.4, 0.5) is 0 Å². The first-order valence-corrected chi connectivity index (χ1v) is 10.9. The zero-order valence-electron chi connectivity index (χ0n) is 17.2. The summed E-state index contributed by atoms with van der Waals surface area (Å²) in [6.45, 7) is 11.5. The molecule has 1 N–H and O–H groups in total. The Kier molecular flexibility index (Phi) is 5.23. The largest absolute Gasteiger partial charge is 0.488 e. The molecule has 0 amide bonds. The van der Waals surface area contributed by atoms with Crippen molar-refractivity contribution in [3.05, 3.63) is 58.1 Å². The molecule has 0 spiro atoms. The van der Waals surface area contributed by atoms with E-state index < -0.39 is 26.9 Å². The van der Waals surface area contributed by atoms with Gasteiger partial charge in [0.15, 0.2) is 0 Å². The van der Waals surface area contributed by atoms with E-state index >= 15 is 0 Å². The number of hydrogen-bond donors (Lipinski definition) is 1. The minimum absolute atomic E-state index is 0.420. The van der Waals surface area contributed by atoms with Crippen LogP contribution < -0.4 is 9.47 Å². The van der Waals surface area contributed by atoms with Crippen LogP contribution in [-0.2, 0) is 16.7 Å². The lowest BCUT2D eigenvalue weighted by molar-refractivity contribution is 0.107. The van der Waals surface area contributed by atoms with Gasteiger partial charge >= 0.3 is 0 Å². The highest BCUT2D eigenvalue weighted by Crippen LogP contribution is 2.53. The fraction of sp³-hybridized carbons (Fsp3) is 0.455. The van der Waals surface area contributed by atoms with E-state index in [1.54, 1.807) is 0 Å². The fourth-order valence-corrected chi connectivity index (χ4v) is 5.02. The van der Waals surface area contributed by atoms with Crippen molar-refractivity contribution in [2.75, 3.05) is 0 Å². The third-order valence-corrected chi connectivity index (χ3v) is 7.04. The second-order valence-electron chi connectivity index (χ2n) is 8.12. The highest BCUT2D eigenvalue weighted by Gasteiger charge is 2.50. The van der Waals surface area contributed by atoms with Crippen molar-refractivity contribution in [1.29, 1.82) is 0 Å². The van der Waals surface area contributed by atoms with Crippen molar-refractivity contribution in [3.63, 3.8) is 0 Å². The molecule has 1 aliphatic rings. The molecule has 2 aromatic carbocycles. The van der Waals surface area contributed by atoms with E-state index in [9.17, 15) is 13.0 Å². The number of fused-ring (bicyclic) bond motifs is 1. The lowest BCUT2D eigenvalue weighted by atomic mass is 9.81. The van der Waals surface area contributed by atoms with Gasteiger partial charge < -0.3 is 9.47 Å². The van der Waals surface area contributed by atoms with Gasteiger partial charge in [-0.15, -0.1) is 0 Å². The maximum absolute atomic E-state index is 11.9. The third kappa shape index (κ3) is 3.51. The van der Waals surface area contributed by atoms with Crippen LogP contribution >= 0.6 is 0 Å². The average Bonchev–Trinajstić information content (AvgIpc) is 2.90. The zero-order valence-corrected chi connectivity index (χ0v) is 18.1. The summed E-state index contributed by atoms with van der Waals surface area (Å²) in [5.74, 6) is 0.942. The van der Waals surface area contributed by atoms with Gasteiger partial charge in [-0.2, -0.15) is 8.42 Å². The molecular formula is C22H28O5S. The second-order valence-corrected chi connectivity index (χ2v) is 9.90. The predicted molar refractivity (Wildman–Crippen MR) is 110 cm³/mol. The Morgan fingerprint density at radius 3 is 2.29 bits per heavy atom. The van der Waals surface area contributed by atoms with Crippen molar-refractivity contribution in [3.8, 4) is 11.5 Å². The molecule has 2 atom stereocenters.